The lowest BCUT2D eigenvalue weighted by Gasteiger charge is -2.09. The maximum Gasteiger partial charge on any atom is 0.339 e. The molecule has 8 heteroatoms. The Labute approximate surface area is 193 Å². The monoisotopic (exact) mass is 470 g/mol. The Bertz CT molecular complexity index is 1060. The van der Waals surface area contributed by atoms with E-state index in [0.717, 1.165) is 0 Å². The zero-order valence-corrected chi connectivity index (χ0v) is 18.1. The van der Waals surface area contributed by atoms with Gasteiger partial charge in [0.25, 0.3) is 0 Å². The zero-order valence-electron chi connectivity index (χ0n) is 16.5. The molecule has 0 saturated heterocycles. The Hall–Kier alpha value is -3.48. The van der Waals surface area contributed by atoms with Gasteiger partial charge in [0.05, 0.1) is 11.1 Å². The van der Waals surface area contributed by atoms with Crippen LogP contribution in [-0.4, -0.2) is 36.7 Å². The molecule has 0 amide bonds. The summed E-state index contributed by atoms with van der Waals surface area (Å²) in [7, 11) is 0. The number of ketones is 2. The van der Waals surface area contributed by atoms with Crippen molar-refractivity contribution in [2.75, 3.05) is 13.2 Å². The Morgan fingerprint density at radius 2 is 0.906 bits per heavy atom. The number of hydrogen-bond acceptors (Lipinski definition) is 6. The van der Waals surface area contributed by atoms with Crippen molar-refractivity contribution in [2.45, 2.75) is 0 Å². The molecule has 0 aliphatic rings. The fraction of sp³-hybridized carbons (Fsp3) is 0.0833. The molecule has 0 atom stereocenters. The summed E-state index contributed by atoms with van der Waals surface area (Å²) < 4.78 is 10.1. The first-order valence-electron chi connectivity index (χ1n) is 9.36. The summed E-state index contributed by atoms with van der Waals surface area (Å²) in [5.41, 5.74) is 0.493. The van der Waals surface area contributed by atoms with Crippen molar-refractivity contribution in [1.82, 2.24) is 0 Å². The molecule has 0 aliphatic heterocycles. The van der Waals surface area contributed by atoms with Gasteiger partial charge in [0.1, 0.15) is 0 Å². The highest BCUT2D eigenvalue weighted by Crippen LogP contribution is 2.15. The van der Waals surface area contributed by atoms with E-state index in [2.05, 4.69) is 0 Å². The molecule has 0 saturated carbocycles. The second-order valence-corrected chi connectivity index (χ2v) is 7.43. The van der Waals surface area contributed by atoms with Crippen LogP contribution in [-0.2, 0) is 9.47 Å². The molecule has 0 fully saturated rings. The largest absolute Gasteiger partial charge is 0.454 e. The summed E-state index contributed by atoms with van der Waals surface area (Å²) in [6.45, 7) is -1.03. The van der Waals surface area contributed by atoms with Gasteiger partial charge >= 0.3 is 11.9 Å². The van der Waals surface area contributed by atoms with Crippen molar-refractivity contribution < 1.29 is 28.7 Å². The lowest BCUT2D eigenvalue weighted by Crippen LogP contribution is -2.19. The van der Waals surface area contributed by atoms with Crippen molar-refractivity contribution in [3.05, 3.63) is 105 Å². The van der Waals surface area contributed by atoms with Crippen molar-refractivity contribution in [2.24, 2.45) is 0 Å². The molecule has 6 nitrogen and oxygen atoms in total. The van der Waals surface area contributed by atoms with Gasteiger partial charge in [-0.15, -0.1) is 0 Å². The fourth-order valence-electron chi connectivity index (χ4n) is 2.70. The van der Waals surface area contributed by atoms with Gasteiger partial charge < -0.3 is 9.47 Å². The van der Waals surface area contributed by atoms with E-state index < -0.39 is 36.7 Å². The standard InChI is InChI=1S/C24H16Cl2O6/c25-17-9-5-15(6-10-17)21(27)13-31-23(29)19-3-1-2-4-20(19)24(30)32-14-22(28)16-7-11-18(26)12-8-16/h1-12H,13-14H2. The summed E-state index contributed by atoms with van der Waals surface area (Å²) in [6, 6.07) is 18.1. The molecule has 0 N–H and O–H groups in total. The minimum absolute atomic E-state index is 0.0830. The average Bonchev–Trinajstić information content (AvgIpc) is 2.81. The Morgan fingerprint density at radius 1 is 0.562 bits per heavy atom. The highest BCUT2D eigenvalue weighted by atomic mass is 35.5. The van der Waals surface area contributed by atoms with Crippen LogP contribution in [0.15, 0.2) is 72.8 Å². The molecule has 0 spiro atoms. The summed E-state index contributed by atoms with van der Waals surface area (Å²) in [5, 5.41) is 0.945. The molecule has 3 aromatic carbocycles. The molecule has 3 aromatic rings. The van der Waals surface area contributed by atoms with Crippen molar-refractivity contribution in [3.8, 4) is 0 Å². The van der Waals surface area contributed by atoms with E-state index in [0.29, 0.717) is 21.2 Å². The summed E-state index contributed by atoms with van der Waals surface area (Å²) in [4.78, 5) is 49.3. The number of halogens is 2. The predicted octanol–water partition coefficient (Wildman–Crippen LogP) is 5.07. The Morgan fingerprint density at radius 3 is 1.25 bits per heavy atom. The van der Waals surface area contributed by atoms with E-state index in [9.17, 15) is 19.2 Å². The third kappa shape index (κ3) is 6.03. The first-order valence-corrected chi connectivity index (χ1v) is 10.1. The van der Waals surface area contributed by atoms with Crippen LogP contribution in [0.3, 0.4) is 0 Å². The van der Waals surface area contributed by atoms with Crippen LogP contribution >= 0.6 is 23.2 Å². The number of rotatable bonds is 8. The maximum atomic E-state index is 12.5. The topological polar surface area (TPSA) is 86.7 Å². The lowest BCUT2D eigenvalue weighted by molar-refractivity contribution is 0.0439. The van der Waals surface area contributed by atoms with Gasteiger partial charge in [-0.3, -0.25) is 9.59 Å². The van der Waals surface area contributed by atoms with E-state index in [1.165, 1.54) is 48.5 Å². The van der Waals surface area contributed by atoms with Crippen LogP contribution < -0.4 is 0 Å². The normalized spacial score (nSPS) is 10.3. The van der Waals surface area contributed by atoms with E-state index in [4.69, 9.17) is 32.7 Å². The van der Waals surface area contributed by atoms with Crippen LogP contribution in [0.25, 0.3) is 0 Å². The van der Waals surface area contributed by atoms with Gasteiger partial charge in [-0.25, -0.2) is 9.59 Å². The molecule has 0 radical (unpaired) electrons. The van der Waals surface area contributed by atoms with Crippen LogP contribution in [0.5, 0.6) is 0 Å². The highest BCUT2D eigenvalue weighted by Gasteiger charge is 2.21. The number of carbonyl (C=O) groups excluding carboxylic acids is 4. The SMILES string of the molecule is O=C(COC(=O)c1ccccc1C(=O)OCC(=O)c1ccc(Cl)cc1)c1ccc(Cl)cc1. The number of ether oxygens (including phenoxy) is 2. The smallest absolute Gasteiger partial charge is 0.339 e. The average molecular weight is 471 g/mol. The molecule has 162 valence electrons. The molecule has 0 aliphatic carbocycles. The predicted molar refractivity (Wildman–Crippen MR) is 119 cm³/mol. The molecule has 3 rings (SSSR count). The van der Waals surface area contributed by atoms with Gasteiger partial charge in [0, 0.05) is 21.2 Å². The maximum absolute atomic E-state index is 12.5. The summed E-state index contributed by atoms with van der Waals surface area (Å²) in [5.74, 6) is -2.60. The van der Waals surface area contributed by atoms with E-state index >= 15 is 0 Å². The summed E-state index contributed by atoms with van der Waals surface area (Å²) >= 11 is 11.6. The van der Waals surface area contributed by atoms with Gasteiger partial charge in [0.2, 0.25) is 0 Å². The minimum atomic E-state index is -0.871. The van der Waals surface area contributed by atoms with Gasteiger partial charge in [0.15, 0.2) is 24.8 Å². The van der Waals surface area contributed by atoms with Crippen molar-refractivity contribution in [3.63, 3.8) is 0 Å². The molecular weight excluding hydrogens is 455 g/mol. The zero-order chi connectivity index (χ0) is 23.1. The molecule has 0 aromatic heterocycles. The van der Waals surface area contributed by atoms with E-state index in [1.54, 1.807) is 24.3 Å². The van der Waals surface area contributed by atoms with Crippen LogP contribution in [0, 0.1) is 0 Å². The van der Waals surface area contributed by atoms with Gasteiger partial charge in [-0.1, -0.05) is 35.3 Å². The van der Waals surface area contributed by atoms with Crippen molar-refractivity contribution >= 4 is 46.7 Å². The molecule has 0 bridgehead atoms. The Kier molecular flexibility index (Phi) is 7.76. The quantitative estimate of drug-likeness (QED) is 0.337. The van der Waals surface area contributed by atoms with Gasteiger partial charge in [-0.05, 0) is 60.7 Å². The van der Waals surface area contributed by atoms with E-state index in [1.807, 2.05) is 0 Å². The van der Waals surface area contributed by atoms with Crippen LogP contribution in [0.4, 0.5) is 0 Å². The number of Topliss-reactive ketones (excluding diaryl/α,β-unsaturated/α-hetero) is 2. The number of esters is 2. The Balaban J connectivity index is 1.62. The lowest BCUT2D eigenvalue weighted by atomic mass is 10.1. The minimum Gasteiger partial charge on any atom is -0.454 e. The molecule has 0 heterocycles. The molecule has 32 heavy (non-hydrogen) atoms. The van der Waals surface area contributed by atoms with Crippen LogP contribution in [0.2, 0.25) is 10.0 Å². The second-order valence-electron chi connectivity index (χ2n) is 6.56. The van der Waals surface area contributed by atoms with Crippen LogP contribution in [0.1, 0.15) is 41.4 Å². The molecular formula is C24H16Cl2O6. The number of carbonyl (C=O) groups is 4. The summed E-state index contributed by atoms with van der Waals surface area (Å²) in [6.07, 6.45) is 0. The first-order chi connectivity index (χ1) is 15.3. The van der Waals surface area contributed by atoms with Gasteiger partial charge in [-0.2, -0.15) is 0 Å². The van der Waals surface area contributed by atoms with Crippen molar-refractivity contribution in [1.29, 1.82) is 0 Å². The third-order valence-corrected chi connectivity index (χ3v) is 4.87. The molecule has 0 unspecified atom stereocenters. The number of hydrogen-bond donors (Lipinski definition) is 0. The highest BCUT2D eigenvalue weighted by molar-refractivity contribution is 6.31. The second kappa shape index (κ2) is 10.7. The van der Waals surface area contributed by atoms with E-state index in [-0.39, 0.29) is 11.1 Å². The fourth-order valence-corrected chi connectivity index (χ4v) is 2.95. The third-order valence-electron chi connectivity index (χ3n) is 4.37. The number of benzene rings is 3. The first kappa shape index (κ1) is 23.2.